The molecule has 0 bridgehead atoms. The van der Waals surface area contributed by atoms with E-state index < -0.39 is 14.9 Å². The van der Waals surface area contributed by atoms with Crippen LogP contribution in [0.25, 0.3) is 0 Å². The number of nitrogens with zero attached hydrogens (tertiary/aromatic N) is 1. The van der Waals surface area contributed by atoms with E-state index in [2.05, 4.69) is 4.72 Å². The lowest BCUT2D eigenvalue weighted by Crippen LogP contribution is -2.33. The van der Waals surface area contributed by atoms with Gasteiger partial charge in [0.2, 0.25) is 10.0 Å². The molecule has 1 unspecified atom stereocenters. The third-order valence-corrected chi connectivity index (χ3v) is 4.79. The molecular weight excluding hydrogens is 298 g/mol. The van der Waals surface area contributed by atoms with Gasteiger partial charge in [0.25, 0.3) is 5.69 Å². The molecule has 2 rings (SSSR count). The van der Waals surface area contributed by atoms with Crippen molar-refractivity contribution in [1.82, 2.24) is 4.72 Å². The van der Waals surface area contributed by atoms with Crippen LogP contribution >= 0.6 is 0 Å². The molecule has 0 aromatic heterocycles. The Morgan fingerprint density at radius 2 is 2.24 bits per heavy atom. The molecule has 0 amide bonds. The van der Waals surface area contributed by atoms with Crippen molar-refractivity contribution < 1.29 is 18.1 Å². The summed E-state index contributed by atoms with van der Waals surface area (Å²) in [4.78, 5) is 9.80. The van der Waals surface area contributed by atoms with E-state index in [1.165, 1.54) is 12.1 Å². The Hall–Kier alpha value is -1.71. The number of nitrogen functional groups attached to an aromatic ring is 1. The van der Waals surface area contributed by atoms with Gasteiger partial charge in [0.15, 0.2) is 0 Å². The number of nitrogens with two attached hydrogens (primary N) is 1. The summed E-state index contributed by atoms with van der Waals surface area (Å²) in [5, 5.41) is 10.7. The number of sulfonamides is 1. The molecular formula is C12H17N3O5S. The molecule has 0 radical (unpaired) electrons. The van der Waals surface area contributed by atoms with Gasteiger partial charge < -0.3 is 10.5 Å². The van der Waals surface area contributed by atoms with Crippen molar-refractivity contribution in [3.05, 3.63) is 28.3 Å². The Morgan fingerprint density at radius 1 is 1.48 bits per heavy atom. The van der Waals surface area contributed by atoms with Gasteiger partial charge in [0.1, 0.15) is 4.90 Å². The molecule has 1 aliphatic rings. The highest BCUT2D eigenvalue weighted by Crippen LogP contribution is 2.24. The van der Waals surface area contributed by atoms with Crippen molar-refractivity contribution >= 4 is 21.4 Å². The summed E-state index contributed by atoms with van der Waals surface area (Å²) in [7, 11) is -3.88. The van der Waals surface area contributed by atoms with Gasteiger partial charge in [-0.05, 0) is 24.8 Å². The number of non-ortho nitro benzene ring substituents is 1. The minimum atomic E-state index is -3.88. The van der Waals surface area contributed by atoms with Crippen LogP contribution in [0, 0.1) is 16.0 Å². The van der Waals surface area contributed by atoms with Crippen LogP contribution in [0.4, 0.5) is 11.4 Å². The largest absolute Gasteiger partial charge is 0.398 e. The number of ether oxygens (including phenoxy) is 1. The lowest BCUT2D eigenvalue weighted by molar-refractivity contribution is -0.385. The lowest BCUT2D eigenvalue weighted by Gasteiger charge is -2.22. The van der Waals surface area contributed by atoms with Gasteiger partial charge in [-0.25, -0.2) is 13.1 Å². The van der Waals surface area contributed by atoms with E-state index in [0.717, 1.165) is 18.9 Å². The van der Waals surface area contributed by atoms with Gasteiger partial charge in [0, 0.05) is 25.3 Å². The van der Waals surface area contributed by atoms with E-state index in [4.69, 9.17) is 10.5 Å². The van der Waals surface area contributed by atoms with E-state index in [1.807, 2.05) is 0 Å². The van der Waals surface area contributed by atoms with Gasteiger partial charge in [-0.3, -0.25) is 10.1 Å². The Bertz CT molecular complexity index is 626. The van der Waals surface area contributed by atoms with Gasteiger partial charge in [-0.1, -0.05) is 0 Å². The van der Waals surface area contributed by atoms with Crippen LogP contribution < -0.4 is 10.5 Å². The predicted molar refractivity (Wildman–Crippen MR) is 76.2 cm³/mol. The quantitative estimate of drug-likeness (QED) is 0.472. The summed E-state index contributed by atoms with van der Waals surface area (Å²) in [5.74, 6) is 0.105. The topological polar surface area (TPSA) is 125 Å². The first-order chi connectivity index (χ1) is 9.90. The maximum absolute atomic E-state index is 12.2. The van der Waals surface area contributed by atoms with E-state index in [1.54, 1.807) is 0 Å². The molecule has 1 fully saturated rings. The van der Waals surface area contributed by atoms with Crippen molar-refractivity contribution in [3.63, 3.8) is 0 Å². The first-order valence-electron chi connectivity index (χ1n) is 6.51. The molecule has 21 heavy (non-hydrogen) atoms. The fourth-order valence-corrected chi connectivity index (χ4v) is 3.41. The molecule has 1 aromatic rings. The molecule has 1 aliphatic heterocycles. The summed E-state index contributed by atoms with van der Waals surface area (Å²) >= 11 is 0. The second-order valence-electron chi connectivity index (χ2n) is 4.91. The minimum absolute atomic E-state index is 0.0204. The van der Waals surface area contributed by atoms with Gasteiger partial charge in [0.05, 0.1) is 17.2 Å². The predicted octanol–water partition coefficient (Wildman–Crippen LogP) is 0.882. The Morgan fingerprint density at radius 3 is 2.86 bits per heavy atom. The van der Waals surface area contributed by atoms with Crippen LogP contribution in [-0.2, 0) is 14.8 Å². The molecule has 0 spiro atoms. The Kier molecular flexibility index (Phi) is 4.76. The molecule has 9 heteroatoms. The molecule has 0 saturated carbocycles. The second kappa shape index (κ2) is 6.37. The van der Waals surface area contributed by atoms with E-state index in [9.17, 15) is 18.5 Å². The van der Waals surface area contributed by atoms with Crippen LogP contribution in [0.2, 0.25) is 0 Å². The molecule has 116 valence electrons. The monoisotopic (exact) mass is 315 g/mol. The van der Waals surface area contributed by atoms with Crippen molar-refractivity contribution in [3.8, 4) is 0 Å². The number of rotatable bonds is 5. The number of nitro groups is 1. The zero-order valence-corrected chi connectivity index (χ0v) is 12.1. The molecule has 1 heterocycles. The summed E-state index contributed by atoms with van der Waals surface area (Å²) < 4.78 is 32.2. The fraction of sp³-hybridized carbons (Fsp3) is 0.500. The van der Waals surface area contributed by atoms with Crippen LogP contribution in [-0.4, -0.2) is 33.1 Å². The average molecular weight is 315 g/mol. The standard InChI is InChI=1S/C12H17N3O5S/c13-11-4-3-10(15(16)17)6-12(11)21(18,19)14-7-9-2-1-5-20-8-9/h3-4,6,9,14H,1-2,5,7-8,13H2. The van der Waals surface area contributed by atoms with Gasteiger partial charge in [-0.15, -0.1) is 0 Å². The maximum atomic E-state index is 12.2. The molecule has 1 atom stereocenters. The molecule has 8 nitrogen and oxygen atoms in total. The van der Waals surface area contributed by atoms with Crippen LogP contribution in [0.1, 0.15) is 12.8 Å². The molecule has 3 N–H and O–H groups in total. The molecule has 1 aromatic carbocycles. The van der Waals surface area contributed by atoms with Gasteiger partial charge >= 0.3 is 0 Å². The third-order valence-electron chi connectivity index (χ3n) is 3.31. The highest BCUT2D eigenvalue weighted by molar-refractivity contribution is 7.89. The Labute approximate surface area is 122 Å². The summed E-state index contributed by atoms with van der Waals surface area (Å²) in [6, 6.07) is 3.36. The number of hydrogen-bond donors (Lipinski definition) is 2. The summed E-state index contributed by atoms with van der Waals surface area (Å²) in [5.41, 5.74) is 5.28. The van der Waals surface area contributed by atoms with Crippen molar-refractivity contribution in [2.75, 3.05) is 25.5 Å². The number of hydrogen-bond acceptors (Lipinski definition) is 6. The van der Waals surface area contributed by atoms with Crippen molar-refractivity contribution in [2.24, 2.45) is 5.92 Å². The molecule has 1 saturated heterocycles. The summed E-state index contributed by atoms with van der Waals surface area (Å²) in [6.07, 6.45) is 1.78. The van der Waals surface area contributed by atoms with E-state index in [0.29, 0.717) is 13.2 Å². The zero-order valence-electron chi connectivity index (χ0n) is 11.3. The first kappa shape index (κ1) is 15.7. The van der Waals surface area contributed by atoms with Crippen molar-refractivity contribution in [2.45, 2.75) is 17.7 Å². The number of anilines is 1. The van der Waals surface area contributed by atoms with Crippen LogP contribution in [0.5, 0.6) is 0 Å². The first-order valence-corrected chi connectivity index (χ1v) is 8.00. The smallest absolute Gasteiger partial charge is 0.270 e. The Balaban J connectivity index is 2.14. The minimum Gasteiger partial charge on any atom is -0.398 e. The summed E-state index contributed by atoms with van der Waals surface area (Å²) in [6.45, 7) is 1.43. The number of benzene rings is 1. The van der Waals surface area contributed by atoms with Crippen LogP contribution in [0.15, 0.2) is 23.1 Å². The number of nitro benzene ring substituents is 1. The average Bonchev–Trinajstić information content (AvgIpc) is 2.46. The third kappa shape index (κ3) is 3.90. The van der Waals surface area contributed by atoms with Crippen molar-refractivity contribution in [1.29, 1.82) is 0 Å². The van der Waals surface area contributed by atoms with Gasteiger partial charge in [-0.2, -0.15) is 0 Å². The van der Waals surface area contributed by atoms with Crippen LogP contribution in [0.3, 0.4) is 0 Å². The molecule has 0 aliphatic carbocycles. The van der Waals surface area contributed by atoms with E-state index >= 15 is 0 Å². The zero-order chi connectivity index (χ0) is 15.5. The fourth-order valence-electron chi connectivity index (χ4n) is 2.14. The normalized spacial score (nSPS) is 19.3. The highest BCUT2D eigenvalue weighted by atomic mass is 32.2. The second-order valence-corrected chi connectivity index (χ2v) is 6.65. The number of nitrogens with one attached hydrogen (secondary N) is 1. The highest BCUT2D eigenvalue weighted by Gasteiger charge is 2.23. The SMILES string of the molecule is Nc1ccc([N+](=O)[O-])cc1S(=O)(=O)NCC1CCCOC1. The van der Waals surface area contributed by atoms with E-state index in [-0.39, 0.29) is 28.7 Å². The maximum Gasteiger partial charge on any atom is 0.270 e. The lowest BCUT2D eigenvalue weighted by atomic mass is 10.0.